The predicted molar refractivity (Wildman–Crippen MR) is 202 cm³/mol. The van der Waals surface area contributed by atoms with Gasteiger partial charge >= 0.3 is 37.7 Å². The Morgan fingerprint density at radius 1 is 1.00 bits per heavy atom. The molecule has 0 saturated carbocycles. The Morgan fingerprint density at radius 3 is 2.42 bits per heavy atom. The monoisotopic (exact) mass is 798 g/mol. The van der Waals surface area contributed by atoms with E-state index in [4.69, 9.17) is 38.0 Å². The molecule has 0 N–H and O–H groups in total. The molecule has 1 unspecified atom stereocenters. The number of aromatic nitrogens is 4. The average Bonchev–Trinajstić information content (AvgIpc) is 3.86. The van der Waals surface area contributed by atoms with Crippen molar-refractivity contribution in [1.29, 1.82) is 0 Å². The number of esters is 1. The minimum absolute atomic E-state index is 0.00142. The minimum atomic E-state index is -0.254. The maximum atomic E-state index is 13.6. The van der Waals surface area contributed by atoms with Crippen molar-refractivity contribution in [1.82, 2.24) is 19.9 Å². The van der Waals surface area contributed by atoms with Gasteiger partial charge in [0.25, 0.3) is 0 Å². The third kappa shape index (κ3) is 7.38. The standard InChI is InChI=1S/C40H49N4O4.ClH.In/c1-9-11-12-13-16-48-25(7)37-23(5)31-18-30-22(4)27(14-15-36(46)47-8)39(43-30)28-17-35(45)38-24(6)32(44-40(28)38)19-33-26(10-2)21(3)29(41-33)20-34(37)42-31;;/h18-20,22,25,27H,9-17H2,1-8H3,(H-,41,42,43,44,45);1H;/q-1;;+1/p-2/t22-,25?,27-;;/m0../s1. The molecule has 5 heterocycles. The fraction of sp³-hybridized carbons (Fsp3) is 0.500. The second kappa shape index (κ2) is 16.6. The first kappa shape index (κ1) is 38.4. The molecule has 3 aliphatic rings. The number of methoxy groups -OCH3 is 1. The molecule has 6 rings (SSSR count). The fourth-order valence-corrected chi connectivity index (χ4v) is 7.77. The number of carbonyl (C=O) groups excluding carboxylic acids is 2. The van der Waals surface area contributed by atoms with Crippen LogP contribution >= 0.6 is 8.58 Å². The predicted octanol–water partition coefficient (Wildman–Crippen LogP) is 9.08. The van der Waals surface area contributed by atoms with E-state index < -0.39 is 0 Å². The first-order valence-electron chi connectivity index (χ1n) is 17.9. The quantitative estimate of drug-likeness (QED) is 0.140. The molecule has 10 heteroatoms. The van der Waals surface area contributed by atoms with E-state index in [9.17, 15) is 9.59 Å². The number of ketones is 1. The first-order chi connectivity index (χ1) is 24.1. The summed E-state index contributed by atoms with van der Waals surface area (Å²) < 4.78 is 11.4. The Bertz CT molecular complexity index is 1980. The maximum absolute atomic E-state index is 13.6. The van der Waals surface area contributed by atoms with E-state index >= 15 is 0 Å². The average molecular weight is 799 g/mol. The molecule has 0 spiro atoms. The molecule has 8 bridgehead atoms. The number of rotatable bonds is 11. The summed E-state index contributed by atoms with van der Waals surface area (Å²) in [7, 11) is 6.19. The number of Topliss-reactive ketones (excluding diaryl/α,β-unsaturated/α-hetero) is 1. The van der Waals surface area contributed by atoms with Gasteiger partial charge in [0.15, 0.2) is 5.78 Å². The molecule has 50 heavy (non-hydrogen) atoms. The normalized spacial score (nSPS) is 17.2. The van der Waals surface area contributed by atoms with E-state index in [0.717, 1.165) is 121 Å². The molecule has 2 aliphatic heterocycles. The number of hydrogen-bond donors (Lipinski definition) is 0. The van der Waals surface area contributed by atoms with Crippen LogP contribution in [0.15, 0.2) is 18.2 Å². The molecule has 3 atom stereocenters. The SMILES string of the molecule is CCCCCCOC(C)c1c(C)c2cc3nc(c4c5[n-]c(cc6nc(cc1[n-]2)C(C)=C6CC)c(C)c5C(=O)C4)[C@@H](CCC(=O)OC)[C@@H]3C.[Cl][In]. The number of ether oxygens (including phenoxy) is 2. The summed E-state index contributed by atoms with van der Waals surface area (Å²) in [4.78, 5) is 46.5. The van der Waals surface area contributed by atoms with Gasteiger partial charge in [-0.1, -0.05) is 69.4 Å². The zero-order chi connectivity index (χ0) is 36.3. The first-order valence-corrected chi connectivity index (χ1v) is 22.0. The van der Waals surface area contributed by atoms with E-state index in [0.29, 0.717) is 18.6 Å². The van der Waals surface area contributed by atoms with Crippen LogP contribution in [0.5, 0.6) is 0 Å². The van der Waals surface area contributed by atoms with E-state index in [-0.39, 0.29) is 42.5 Å². The zero-order valence-electron chi connectivity index (χ0n) is 30.7. The molecule has 0 aromatic carbocycles. The van der Waals surface area contributed by atoms with Gasteiger partial charge in [0.1, 0.15) is 0 Å². The number of hydrogen-bond acceptors (Lipinski definition) is 6. The fourth-order valence-electron chi connectivity index (χ4n) is 7.77. The van der Waals surface area contributed by atoms with Crippen LogP contribution in [0.2, 0.25) is 0 Å². The molecule has 0 amide bonds. The van der Waals surface area contributed by atoms with Gasteiger partial charge in [0.05, 0.1) is 24.6 Å². The molecule has 1 aliphatic carbocycles. The Kier molecular flexibility index (Phi) is 12.8. The van der Waals surface area contributed by atoms with Crippen LogP contribution in [0, 0.1) is 13.8 Å². The summed E-state index contributed by atoms with van der Waals surface area (Å²) in [6, 6.07) is 6.23. The van der Waals surface area contributed by atoms with Crippen LogP contribution < -0.4 is 9.97 Å². The molecular weight excluding hydrogens is 751 g/mol. The van der Waals surface area contributed by atoms with Crippen LogP contribution in [0.1, 0.15) is 153 Å². The Labute approximate surface area is 314 Å². The molecule has 3 aromatic heterocycles. The van der Waals surface area contributed by atoms with Gasteiger partial charge in [-0.2, -0.15) is 0 Å². The number of aryl methyl sites for hydroxylation is 2. The van der Waals surface area contributed by atoms with Gasteiger partial charge in [-0.25, -0.2) is 4.98 Å². The van der Waals surface area contributed by atoms with Crippen molar-refractivity contribution in [3.05, 3.63) is 68.8 Å². The summed E-state index contributed by atoms with van der Waals surface area (Å²) in [6.45, 7) is 15.6. The van der Waals surface area contributed by atoms with Crippen LogP contribution in [0.4, 0.5) is 0 Å². The van der Waals surface area contributed by atoms with Crippen molar-refractivity contribution in [2.24, 2.45) is 0 Å². The van der Waals surface area contributed by atoms with E-state index in [1.54, 1.807) is 0 Å². The number of halogens is 1. The molecule has 8 nitrogen and oxygen atoms in total. The van der Waals surface area contributed by atoms with Crippen molar-refractivity contribution < 1.29 is 19.1 Å². The van der Waals surface area contributed by atoms with Crippen molar-refractivity contribution in [3.63, 3.8) is 0 Å². The van der Waals surface area contributed by atoms with Crippen LogP contribution in [-0.4, -0.2) is 58.6 Å². The number of unbranched alkanes of at least 4 members (excludes halogenated alkanes) is 3. The van der Waals surface area contributed by atoms with E-state index in [1.807, 2.05) is 13.0 Å². The van der Waals surface area contributed by atoms with Gasteiger partial charge < -0.3 is 19.4 Å². The topological polar surface area (TPSA) is 107 Å². The Hall–Kier alpha value is -2.88. The summed E-state index contributed by atoms with van der Waals surface area (Å²) in [6.07, 6.45) is 6.36. The van der Waals surface area contributed by atoms with E-state index in [2.05, 4.69) is 53.7 Å². The molecule has 0 saturated heterocycles. The van der Waals surface area contributed by atoms with Crippen LogP contribution in [-0.2, 0) is 20.7 Å². The summed E-state index contributed by atoms with van der Waals surface area (Å²) in [5.41, 5.74) is 13.5. The second-order valence-electron chi connectivity index (χ2n) is 13.6. The van der Waals surface area contributed by atoms with Crippen molar-refractivity contribution in [2.75, 3.05) is 13.7 Å². The molecular formula is C40H48ClInN4O4-2. The molecule has 0 fully saturated rings. The molecule has 2 radical (unpaired) electrons. The van der Waals surface area contributed by atoms with Gasteiger partial charge in [0.2, 0.25) is 0 Å². The third-order valence-electron chi connectivity index (χ3n) is 10.6. The van der Waals surface area contributed by atoms with Crippen LogP contribution in [0.3, 0.4) is 0 Å². The summed E-state index contributed by atoms with van der Waals surface area (Å²) >= 11 is 0.822. The van der Waals surface area contributed by atoms with Crippen molar-refractivity contribution >= 4 is 76.7 Å². The third-order valence-corrected chi connectivity index (χ3v) is 10.6. The number of fused-ring (bicyclic) bond motifs is 8. The van der Waals surface area contributed by atoms with Crippen LogP contribution in [0.25, 0.3) is 33.2 Å². The van der Waals surface area contributed by atoms with E-state index in [1.165, 1.54) is 20.0 Å². The molecule has 264 valence electrons. The van der Waals surface area contributed by atoms with Crippen molar-refractivity contribution in [2.45, 2.75) is 118 Å². The molecule has 3 aromatic rings. The summed E-state index contributed by atoms with van der Waals surface area (Å²) in [5.74, 6) is -0.256. The van der Waals surface area contributed by atoms with Gasteiger partial charge in [-0.3, -0.25) is 14.6 Å². The Balaban J connectivity index is 0.00000239. The Morgan fingerprint density at radius 2 is 1.72 bits per heavy atom. The van der Waals surface area contributed by atoms with Gasteiger partial charge in [0, 0.05) is 48.2 Å². The zero-order valence-corrected chi connectivity index (χ0v) is 34.8. The number of nitrogens with zero attached hydrogens (tertiary/aromatic N) is 4. The number of allylic oxidation sites excluding steroid dienone is 2. The van der Waals surface area contributed by atoms with Gasteiger partial charge in [-0.05, 0) is 69.2 Å². The van der Waals surface area contributed by atoms with Crippen molar-refractivity contribution in [3.8, 4) is 0 Å². The number of carbonyl (C=O) groups is 2. The van der Waals surface area contributed by atoms with Gasteiger partial charge in [-0.15, -0.1) is 22.1 Å². The second-order valence-corrected chi connectivity index (χ2v) is 13.6. The summed E-state index contributed by atoms with van der Waals surface area (Å²) in [5, 5.41) is 0.